The molecular formula is C22H19F3N6O7. The lowest BCUT2D eigenvalue weighted by molar-refractivity contribution is -0.384. The Morgan fingerprint density at radius 3 is 2.21 bits per heavy atom. The van der Waals surface area contributed by atoms with Gasteiger partial charge in [-0.05, 0) is 25.5 Å². The second kappa shape index (κ2) is 10.5. The van der Waals surface area contributed by atoms with Crippen molar-refractivity contribution in [2.75, 3.05) is 19.5 Å². The van der Waals surface area contributed by atoms with Crippen molar-refractivity contribution in [3.8, 4) is 11.5 Å². The van der Waals surface area contributed by atoms with Crippen LogP contribution >= 0.6 is 0 Å². The SMILES string of the molecule is COc1cc2nc(Nc3nc4c(C)cc([N+](=O)[O-])cc4c(=O)[nH]3)nc(C)c2cc1OC.O=C(O)C(F)(F)F. The average Bonchev–Trinajstić information content (AvgIpc) is 2.83. The molecule has 0 spiro atoms. The first-order valence-electron chi connectivity index (χ1n) is 10.4. The van der Waals surface area contributed by atoms with Crippen LogP contribution in [0.2, 0.25) is 0 Å². The summed E-state index contributed by atoms with van der Waals surface area (Å²) in [5.41, 5.74) is 1.47. The molecule has 0 aliphatic heterocycles. The number of nitrogens with zero attached hydrogens (tertiary/aromatic N) is 4. The predicted octanol–water partition coefficient (Wildman–Crippen LogP) is 3.79. The van der Waals surface area contributed by atoms with E-state index in [2.05, 4.69) is 25.3 Å². The number of rotatable bonds is 5. The number of aryl methyl sites for hydroxylation is 2. The number of hydrogen-bond donors (Lipinski definition) is 3. The Balaban J connectivity index is 0.000000505. The fourth-order valence-electron chi connectivity index (χ4n) is 3.33. The normalized spacial score (nSPS) is 11.0. The molecule has 0 atom stereocenters. The summed E-state index contributed by atoms with van der Waals surface area (Å²) in [7, 11) is 3.08. The van der Waals surface area contributed by atoms with Gasteiger partial charge in [0, 0.05) is 23.6 Å². The van der Waals surface area contributed by atoms with E-state index in [4.69, 9.17) is 19.4 Å². The standard InChI is InChI=1S/C20H18N6O5.C2HF3O2/c1-9-5-11(26(28)29)6-13-17(9)23-20(24-18(13)27)25-19-21-10(2)12-7-15(30-3)16(31-4)8-14(12)22-19;3-2(4,5)1(6)7/h5-8H,1-4H3,(H2,21,22,23,24,25,27);(H,6,7). The van der Waals surface area contributed by atoms with Gasteiger partial charge in [-0.15, -0.1) is 0 Å². The van der Waals surface area contributed by atoms with Gasteiger partial charge in [0.05, 0.1) is 41.3 Å². The highest BCUT2D eigenvalue weighted by Crippen LogP contribution is 2.33. The van der Waals surface area contributed by atoms with Crippen molar-refractivity contribution in [3.63, 3.8) is 0 Å². The number of alkyl halides is 3. The van der Waals surface area contributed by atoms with E-state index in [9.17, 15) is 28.1 Å². The molecule has 0 fully saturated rings. The molecular weight excluding hydrogens is 517 g/mol. The number of nitro groups is 1. The van der Waals surface area contributed by atoms with Crippen LogP contribution in [0.25, 0.3) is 21.8 Å². The van der Waals surface area contributed by atoms with Crippen molar-refractivity contribution in [2.24, 2.45) is 0 Å². The first-order chi connectivity index (χ1) is 17.7. The fourth-order valence-corrected chi connectivity index (χ4v) is 3.33. The largest absolute Gasteiger partial charge is 0.493 e. The first-order valence-corrected chi connectivity index (χ1v) is 10.4. The number of ether oxygens (including phenoxy) is 2. The number of benzene rings is 2. The molecule has 0 saturated heterocycles. The summed E-state index contributed by atoms with van der Waals surface area (Å²) in [6.07, 6.45) is -5.08. The molecule has 2 aromatic carbocycles. The lowest BCUT2D eigenvalue weighted by Crippen LogP contribution is -2.21. The number of aromatic nitrogens is 4. The minimum Gasteiger partial charge on any atom is -0.493 e. The van der Waals surface area contributed by atoms with E-state index in [1.807, 2.05) is 6.92 Å². The van der Waals surface area contributed by atoms with Crippen LogP contribution in [0.5, 0.6) is 11.5 Å². The average molecular weight is 536 g/mol. The Morgan fingerprint density at radius 2 is 1.66 bits per heavy atom. The van der Waals surface area contributed by atoms with Gasteiger partial charge in [-0.2, -0.15) is 13.2 Å². The molecule has 0 unspecified atom stereocenters. The number of non-ortho nitro benzene ring substituents is 1. The van der Waals surface area contributed by atoms with Gasteiger partial charge in [0.1, 0.15) is 0 Å². The number of methoxy groups -OCH3 is 2. The van der Waals surface area contributed by atoms with Crippen LogP contribution in [-0.2, 0) is 4.79 Å². The summed E-state index contributed by atoms with van der Waals surface area (Å²) in [5, 5.41) is 22.0. The van der Waals surface area contributed by atoms with Gasteiger partial charge in [-0.3, -0.25) is 25.2 Å². The zero-order chi connectivity index (χ0) is 28.4. The number of aromatic amines is 1. The number of nitro benzene ring substituents is 1. The summed E-state index contributed by atoms with van der Waals surface area (Å²) in [4.78, 5) is 47.8. The van der Waals surface area contributed by atoms with Crippen LogP contribution in [0.4, 0.5) is 30.8 Å². The molecule has 0 aliphatic rings. The molecule has 4 aromatic rings. The van der Waals surface area contributed by atoms with Crippen molar-refractivity contribution >= 4 is 45.4 Å². The number of halogens is 3. The zero-order valence-electron chi connectivity index (χ0n) is 20.1. The minimum atomic E-state index is -5.08. The van der Waals surface area contributed by atoms with E-state index in [1.165, 1.54) is 19.2 Å². The molecule has 0 aliphatic carbocycles. The summed E-state index contributed by atoms with van der Waals surface area (Å²) in [6, 6.07) is 6.09. The number of H-pyrrole nitrogens is 1. The Bertz CT molecular complexity index is 1620. The Kier molecular flexibility index (Phi) is 7.64. The molecule has 0 radical (unpaired) electrons. The number of carboxylic acids is 1. The maximum absolute atomic E-state index is 12.5. The first kappa shape index (κ1) is 27.6. The third-order valence-electron chi connectivity index (χ3n) is 5.06. The molecule has 4 rings (SSSR count). The molecule has 38 heavy (non-hydrogen) atoms. The maximum atomic E-state index is 12.5. The fraction of sp³-hybridized carbons (Fsp3) is 0.227. The van der Waals surface area contributed by atoms with Crippen LogP contribution in [0.15, 0.2) is 29.1 Å². The molecule has 3 N–H and O–H groups in total. The van der Waals surface area contributed by atoms with Gasteiger partial charge < -0.3 is 14.6 Å². The van der Waals surface area contributed by atoms with Crippen molar-refractivity contribution in [2.45, 2.75) is 20.0 Å². The van der Waals surface area contributed by atoms with Crippen LogP contribution in [0.3, 0.4) is 0 Å². The van der Waals surface area contributed by atoms with Gasteiger partial charge in [-0.1, -0.05) is 0 Å². The highest BCUT2D eigenvalue weighted by molar-refractivity contribution is 5.86. The van der Waals surface area contributed by atoms with Crippen LogP contribution in [-0.4, -0.2) is 56.3 Å². The van der Waals surface area contributed by atoms with Crippen LogP contribution in [0, 0.1) is 24.0 Å². The molecule has 2 aromatic heterocycles. The summed E-state index contributed by atoms with van der Waals surface area (Å²) >= 11 is 0. The van der Waals surface area contributed by atoms with Crippen LogP contribution in [0.1, 0.15) is 11.3 Å². The second-order valence-corrected chi connectivity index (χ2v) is 7.62. The molecule has 0 saturated carbocycles. The van der Waals surface area contributed by atoms with Gasteiger partial charge in [0.15, 0.2) is 11.5 Å². The number of hydrogen-bond acceptors (Lipinski definition) is 10. The van der Waals surface area contributed by atoms with Gasteiger partial charge >= 0.3 is 12.1 Å². The van der Waals surface area contributed by atoms with E-state index in [0.29, 0.717) is 33.8 Å². The van der Waals surface area contributed by atoms with Crippen molar-refractivity contribution < 1.29 is 37.5 Å². The van der Waals surface area contributed by atoms with Crippen molar-refractivity contribution in [1.82, 2.24) is 19.9 Å². The zero-order valence-corrected chi connectivity index (χ0v) is 20.1. The van der Waals surface area contributed by atoms with Gasteiger partial charge in [-0.25, -0.2) is 19.7 Å². The number of anilines is 2. The Labute approximate surface area is 210 Å². The Hall–Kier alpha value is -5.02. The maximum Gasteiger partial charge on any atom is 0.490 e. The number of carboxylic acid groups (broad SMARTS) is 1. The number of carbonyl (C=O) groups is 1. The van der Waals surface area contributed by atoms with E-state index in [-0.39, 0.29) is 23.0 Å². The predicted molar refractivity (Wildman–Crippen MR) is 128 cm³/mol. The summed E-state index contributed by atoms with van der Waals surface area (Å²) in [5.74, 6) is -1.33. The molecule has 0 amide bonds. The number of nitrogens with one attached hydrogen (secondary N) is 2. The highest BCUT2D eigenvalue weighted by atomic mass is 19.4. The number of fused-ring (bicyclic) bond motifs is 2. The van der Waals surface area contributed by atoms with Crippen LogP contribution < -0.4 is 20.3 Å². The van der Waals surface area contributed by atoms with Crippen molar-refractivity contribution in [1.29, 1.82) is 0 Å². The molecule has 16 heteroatoms. The topological polar surface area (TPSA) is 182 Å². The Morgan fingerprint density at radius 1 is 1.05 bits per heavy atom. The monoisotopic (exact) mass is 536 g/mol. The smallest absolute Gasteiger partial charge is 0.490 e. The summed E-state index contributed by atoms with van der Waals surface area (Å²) < 4.78 is 42.4. The van der Waals surface area contributed by atoms with Gasteiger partial charge in [0.2, 0.25) is 11.9 Å². The third-order valence-corrected chi connectivity index (χ3v) is 5.06. The second-order valence-electron chi connectivity index (χ2n) is 7.62. The lowest BCUT2D eigenvalue weighted by Gasteiger charge is -2.12. The molecule has 0 bridgehead atoms. The number of aliphatic carboxylic acids is 1. The molecule has 200 valence electrons. The van der Waals surface area contributed by atoms with E-state index >= 15 is 0 Å². The highest BCUT2D eigenvalue weighted by Gasteiger charge is 2.38. The van der Waals surface area contributed by atoms with E-state index in [1.54, 1.807) is 26.2 Å². The molecule has 2 heterocycles. The quantitative estimate of drug-likeness (QED) is 0.249. The van der Waals surface area contributed by atoms with E-state index < -0.39 is 22.6 Å². The lowest BCUT2D eigenvalue weighted by atomic mass is 10.1. The summed E-state index contributed by atoms with van der Waals surface area (Å²) in [6.45, 7) is 3.48. The van der Waals surface area contributed by atoms with E-state index in [0.717, 1.165) is 5.39 Å². The third kappa shape index (κ3) is 5.85. The van der Waals surface area contributed by atoms with Crippen molar-refractivity contribution in [3.05, 3.63) is 56.0 Å². The van der Waals surface area contributed by atoms with Gasteiger partial charge in [0.25, 0.3) is 11.2 Å². The minimum absolute atomic E-state index is 0.119. The molecule has 13 nitrogen and oxygen atoms in total.